The lowest BCUT2D eigenvalue weighted by atomic mass is 9.76. The molecule has 0 N–H and O–H groups in total. The minimum Gasteiger partial charge on any atom is -0.317 e. The van der Waals surface area contributed by atoms with E-state index in [0.29, 0.717) is 0 Å². The molecule has 2 rings (SSSR count). The first-order valence-electron chi connectivity index (χ1n) is 8.50. The number of halogens is 1. The van der Waals surface area contributed by atoms with E-state index in [2.05, 4.69) is 43.3 Å². The molecular formula is C21H26ClNO2. The molecule has 0 bridgehead atoms. The van der Waals surface area contributed by atoms with Crippen molar-refractivity contribution in [1.82, 2.24) is 0 Å². The zero-order chi connectivity index (χ0) is 18.5. The largest absolute Gasteiger partial charge is 0.341 e. The lowest BCUT2D eigenvalue weighted by Gasteiger charge is -2.29. The van der Waals surface area contributed by atoms with Gasteiger partial charge in [0.15, 0.2) is 0 Å². The molecule has 0 fully saturated rings. The van der Waals surface area contributed by atoms with Gasteiger partial charge in [-0.1, -0.05) is 61.5 Å². The minimum atomic E-state index is -0.741. The highest BCUT2D eigenvalue weighted by atomic mass is 35.5. The van der Waals surface area contributed by atoms with Gasteiger partial charge in [-0.3, -0.25) is 0 Å². The average Bonchev–Trinajstić information content (AvgIpc) is 2.57. The molecule has 0 heterocycles. The molecule has 25 heavy (non-hydrogen) atoms. The predicted octanol–water partition coefficient (Wildman–Crippen LogP) is 5.61. The summed E-state index contributed by atoms with van der Waals surface area (Å²) in [4.78, 5) is 17.2. The number of benzene rings is 1. The fraction of sp³-hybridized carbons (Fsp3) is 0.429. The number of carbonyl (C=O) groups is 1. The molecule has 1 aromatic rings. The van der Waals surface area contributed by atoms with Crippen molar-refractivity contribution in [2.45, 2.75) is 40.5 Å². The molecule has 1 aliphatic carbocycles. The van der Waals surface area contributed by atoms with Crippen molar-refractivity contribution in [3.05, 3.63) is 53.6 Å². The Morgan fingerprint density at radius 1 is 1.24 bits per heavy atom. The molecule has 0 saturated heterocycles. The highest BCUT2D eigenvalue weighted by molar-refractivity contribution is 6.19. The summed E-state index contributed by atoms with van der Waals surface area (Å²) >= 11 is 5.81. The van der Waals surface area contributed by atoms with Crippen LogP contribution in [0.4, 0.5) is 0 Å². The first-order chi connectivity index (χ1) is 11.7. The molecule has 0 radical (unpaired) electrons. The summed E-state index contributed by atoms with van der Waals surface area (Å²) < 4.78 is 0. The van der Waals surface area contributed by atoms with Gasteiger partial charge in [-0.05, 0) is 49.3 Å². The molecule has 4 heteroatoms. The topological polar surface area (TPSA) is 38.7 Å². The van der Waals surface area contributed by atoms with Gasteiger partial charge in [-0.2, -0.15) is 0 Å². The molecule has 134 valence electrons. The first kappa shape index (κ1) is 19.5. The Morgan fingerprint density at radius 3 is 2.56 bits per heavy atom. The summed E-state index contributed by atoms with van der Waals surface area (Å²) in [6.07, 6.45) is 7.93. The molecule has 3 nitrogen and oxygen atoms in total. The average molecular weight is 360 g/mol. The lowest BCUT2D eigenvalue weighted by molar-refractivity contribution is -0.152. The van der Waals surface area contributed by atoms with E-state index in [0.717, 1.165) is 24.1 Å². The fourth-order valence-electron chi connectivity index (χ4n) is 2.63. The SMILES string of the molecule is CC1(C)CC(C=Cc2ccccc2)=CC(=NOC(=O)C(C)(C)CCl)C1. The van der Waals surface area contributed by atoms with Crippen molar-refractivity contribution in [2.75, 3.05) is 5.88 Å². The Morgan fingerprint density at radius 2 is 1.92 bits per heavy atom. The van der Waals surface area contributed by atoms with Crippen molar-refractivity contribution in [1.29, 1.82) is 0 Å². The maximum Gasteiger partial charge on any atom is 0.341 e. The smallest absolute Gasteiger partial charge is 0.317 e. The van der Waals surface area contributed by atoms with Crippen LogP contribution < -0.4 is 0 Å². The quantitative estimate of drug-likeness (QED) is 0.389. The van der Waals surface area contributed by atoms with E-state index in [1.165, 1.54) is 5.57 Å². The van der Waals surface area contributed by atoms with E-state index in [4.69, 9.17) is 16.4 Å². The lowest BCUT2D eigenvalue weighted by Crippen LogP contribution is -2.28. The van der Waals surface area contributed by atoms with Crippen LogP contribution in [0.5, 0.6) is 0 Å². The minimum absolute atomic E-state index is 0.0678. The van der Waals surface area contributed by atoms with Crippen LogP contribution >= 0.6 is 11.6 Å². The zero-order valence-electron chi connectivity index (χ0n) is 15.4. The molecule has 0 saturated carbocycles. The fourth-order valence-corrected chi connectivity index (χ4v) is 2.74. The highest BCUT2D eigenvalue weighted by Crippen LogP contribution is 2.35. The van der Waals surface area contributed by atoms with Crippen molar-refractivity contribution >= 4 is 29.4 Å². The second kappa shape index (κ2) is 8.01. The maximum atomic E-state index is 12.0. The number of oxime groups is 1. The van der Waals surface area contributed by atoms with E-state index < -0.39 is 11.4 Å². The Kier molecular flexibility index (Phi) is 6.23. The van der Waals surface area contributed by atoms with E-state index >= 15 is 0 Å². The van der Waals surface area contributed by atoms with Gasteiger partial charge < -0.3 is 4.84 Å². The van der Waals surface area contributed by atoms with Crippen LogP contribution in [0.3, 0.4) is 0 Å². The van der Waals surface area contributed by atoms with Gasteiger partial charge in [0.2, 0.25) is 0 Å². The number of nitrogens with zero attached hydrogens (tertiary/aromatic N) is 1. The molecule has 0 spiro atoms. The van der Waals surface area contributed by atoms with Crippen LogP contribution in [0.2, 0.25) is 0 Å². The number of allylic oxidation sites excluding steroid dienone is 3. The number of hydrogen-bond acceptors (Lipinski definition) is 3. The summed E-state index contributed by atoms with van der Waals surface area (Å²) in [5.41, 5.74) is 2.43. The third-order valence-electron chi connectivity index (χ3n) is 4.12. The predicted molar refractivity (Wildman–Crippen MR) is 105 cm³/mol. The number of alkyl halides is 1. The Labute approximate surface area is 155 Å². The molecular weight excluding hydrogens is 334 g/mol. The van der Waals surface area contributed by atoms with E-state index in [1.54, 1.807) is 13.8 Å². The summed E-state index contributed by atoms with van der Waals surface area (Å²) in [7, 11) is 0. The van der Waals surface area contributed by atoms with Crippen LogP contribution in [-0.4, -0.2) is 17.6 Å². The summed E-state index contributed by atoms with van der Waals surface area (Å²) in [6, 6.07) is 10.2. The van der Waals surface area contributed by atoms with Crippen molar-refractivity contribution in [3.8, 4) is 0 Å². The number of hydrogen-bond donors (Lipinski definition) is 0. The summed E-state index contributed by atoms with van der Waals surface area (Å²) in [6.45, 7) is 7.88. The highest BCUT2D eigenvalue weighted by Gasteiger charge is 2.30. The van der Waals surface area contributed by atoms with E-state index in [9.17, 15) is 4.79 Å². The molecule has 1 aromatic carbocycles. The van der Waals surface area contributed by atoms with Crippen molar-refractivity contribution < 1.29 is 9.63 Å². The third kappa shape index (κ3) is 5.86. The molecule has 0 atom stereocenters. The van der Waals surface area contributed by atoms with Crippen LogP contribution in [0.25, 0.3) is 6.08 Å². The Balaban J connectivity index is 2.16. The van der Waals surface area contributed by atoms with Gasteiger partial charge in [0.05, 0.1) is 11.1 Å². The van der Waals surface area contributed by atoms with Gasteiger partial charge >= 0.3 is 5.97 Å². The molecule has 0 unspecified atom stereocenters. The number of rotatable bonds is 5. The van der Waals surface area contributed by atoms with Crippen LogP contribution in [0.1, 0.15) is 46.1 Å². The van der Waals surface area contributed by atoms with Gasteiger partial charge in [0, 0.05) is 5.88 Å². The third-order valence-corrected chi connectivity index (χ3v) is 4.78. The number of carbonyl (C=O) groups excluding carboxylic acids is 1. The van der Waals surface area contributed by atoms with Gasteiger partial charge in [-0.15, -0.1) is 11.6 Å². The van der Waals surface area contributed by atoms with Crippen molar-refractivity contribution in [2.24, 2.45) is 16.0 Å². The van der Waals surface area contributed by atoms with Gasteiger partial charge in [-0.25, -0.2) is 4.79 Å². The van der Waals surface area contributed by atoms with Gasteiger partial charge in [0.1, 0.15) is 0 Å². The monoisotopic (exact) mass is 359 g/mol. The maximum absolute atomic E-state index is 12.0. The standard InChI is InChI=1S/C21H26ClNO2/c1-20(2)13-17(11-10-16-8-6-5-7-9-16)12-18(14-20)23-25-19(24)21(3,4)15-22/h5-12H,13-15H2,1-4H3. The first-order valence-corrected chi connectivity index (χ1v) is 9.03. The molecule has 1 aliphatic rings. The van der Waals surface area contributed by atoms with Gasteiger partial charge in [0.25, 0.3) is 0 Å². The van der Waals surface area contributed by atoms with E-state index in [1.807, 2.05) is 24.3 Å². The second-order valence-electron chi connectivity index (χ2n) is 7.96. The van der Waals surface area contributed by atoms with Crippen LogP contribution in [0, 0.1) is 10.8 Å². The zero-order valence-corrected chi connectivity index (χ0v) is 16.1. The van der Waals surface area contributed by atoms with Crippen LogP contribution in [0.15, 0.2) is 53.2 Å². The summed E-state index contributed by atoms with van der Waals surface area (Å²) in [5.74, 6) is -0.212. The van der Waals surface area contributed by atoms with E-state index in [-0.39, 0.29) is 11.3 Å². The second-order valence-corrected chi connectivity index (χ2v) is 8.23. The van der Waals surface area contributed by atoms with Crippen LogP contribution in [-0.2, 0) is 9.63 Å². The molecule has 0 amide bonds. The Hall–Kier alpha value is -1.87. The Bertz CT molecular complexity index is 700. The molecule has 0 aliphatic heterocycles. The van der Waals surface area contributed by atoms with Crippen molar-refractivity contribution in [3.63, 3.8) is 0 Å². The summed E-state index contributed by atoms with van der Waals surface area (Å²) in [5, 5.41) is 4.10. The normalized spacial score (nSPS) is 19.1. The molecule has 0 aromatic heterocycles.